The van der Waals surface area contributed by atoms with Crippen LogP contribution in [0.2, 0.25) is 0 Å². The van der Waals surface area contributed by atoms with Gasteiger partial charge in [-0.05, 0) is 68.1 Å². The van der Waals surface area contributed by atoms with Gasteiger partial charge in [-0.1, -0.05) is 30.0 Å². The minimum atomic E-state index is -0.124. The van der Waals surface area contributed by atoms with Gasteiger partial charge in [0.15, 0.2) is 6.61 Å². The summed E-state index contributed by atoms with van der Waals surface area (Å²) in [6.07, 6.45) is 0. The summed E-state index contributed by atoms with van der Waals surface area (Å²) in [7, 11) is 0. The predicted octanol–water partition coefficient (Wildman–Crippen LogP) is 4.61. The highest BCUT2D eigenvalue weighted by molar-refractivity contribution is 7.99. The first-order valence-electron chi connectivity index (χ1n) is 8.93. The lowest BCUT2D eigenvalue weighted by molar-refractivity contribution is -0.113. The Labute approximate surface area is 168 Å². The van der Waals surface area contributed by atoms with E-state index in [0.29, 0.717) is 11.1 Å². The lowest BCUT2D eigenvalue weighted by Crippen LogP contribution is -2.14. The van der Waals surface area contributed by atoms with E-state index in [1.54, 1.807) is 0 Å². The number of anilines is 1. The summed E-state index contributed by atoms with van der Waals surface area (Å²) in [6, 6.07) is 11.8. The molecule has 0 saturated carbocycles. The van der Waals surface area contributed by atoms with Gasteiger partial charge in [-0.2, -0.15) is 0 Å². The van der Waals surface area contributed by atoms with Crippen LogP contribution >= 0.6 is 11.8 Å². The topological polar surface area (TPSA) is 77.2 Å². The average Bonchev–Trinajstić information content (AvgIpc) is 3.08. The third-order valence-corrected chi connectivity index (χ3v) is 5.01. The van der Waals surface area contributed by atoms with Crippen LogP contribution in [-0.2, 0) is 11.4 Å². The molecule has 0 saturated heterocycles. The molecule has 0 unspecified atom stereocenters. The van der Waals surface area contributed by atoms with Crippen LogP contribution in [-0.4, -0.2) is 21.9 Å². The van der Waals surface area contributed by atoms with Gasteiger partial charge < -0.3 is 14.5 Å². The molecule has 146 valence electrons. The zero-order chi connectivity index (χ0) is 20.1. The number of rotatable bonds is 7. The van der Waals surface area contributed by atoms with Crippen molar-refractivity contribution in [2.75, 3.05) is 11.1 Å². The van der Waals surface area contributed by atoms with Gasteiger partial charge in [0, 0.05) is 5.69 Å². The molecular weight excluding hydrogens is 374 g/mol. The van der Waals surface area contributed by atoms with Crippen LogP contribution in [0.4, 0.5) is 5.69 Å². The van der Waals surface area contributed by atoms with Crippen LogP contribution in [0.5, 0.6) is 5.75 Å². The first-order valence-corrected chi connectivity index (χ1v) is 9.91. The summed E-state index contributed by atoms with van der Waals surface area (Å²) in [4.78, 5) is 12.1. The van der Waals surface area contributed by atoms with Gasteiger partial charge in [-0.15, -0.1) is 10.2 Å². The van der Waals surface area contributed by atoms with E-state index in [2.05, 4.69) is 21.6 Å². The number of thioether (sulfide) groups is 1. The number of aryl methyl sites for hydroxylation is 3. The second-order valence-corrected chi connectivity index (χ2v) is 7.59. The van der Waals surface area contributed by atoms with Gasteiger partial charge in [-0.3, -0.25) is 4.79 Å². The van der Waals surface area contributed by atoms with Gasteiger partial charge in [0.05, 0.1) is 5.75 Å². The standard InChI is InChI=1S/C21H23N3O3S/c1-13-8-14(2)10-17(9-13)22-19(25)12-28-21-24-23-20(27-21)11-26-18-7-5-6-15(3)16(18)4/h5-10H,11-12H2,1-4H3,(H,22,25). The van der Waals surface area contributed by atoms with Crippen LogP contribution in [0.1, 0.15) is 28.1 Å². The summed E-state index contributed by atoms with van der Waals surface area (Å²) < 4.78 is 11.3. The Balaban J connectivity index is 1.50. The lowest BCUT2D eigenvalue weighted by Gasteiger charge is -2.08. The van der Waals surface area contributed by atoms with Gasteiger partial charge in [0.1, 0.15) is 5.75 Å². The number of nitrogens with one attached hydrogen (secondary N) is 1. The molecule has 2 aromatic carbocycles. The third kappa shape index (κ3) is 5.36. The molecule has 6 nitrogen and oxygen atoms in total. The molecule has 0 aliphatic carbocycles. The van der Waals surface area contributed by atoms with E-state index in [1.807, 2.05) is 58.0 Å². The largest absolute Gasteiger partial charge is 0.484 e. The number of carbonyl (C=O) groups is 1. The van der Waals surface area contributed by atoms with E-state index < -0.39 is 0 Å². The van der Waals surface area contributed by atoms with Crippen LogP contribution in [0, 0.1) is 27.7 Å². The average molecular weight is 398 g/mol. The van der Waals surface area contributed by atoms with E-state index in [4.69, 9.17) is 9.15 Å². The number of ether oxygens (including phenoxy) is 1. The molecule has 3 aromatic rings. The molecule has 28 heavy (non-hydrogen) atoms. The Hall–Kier alpha value is -2.80. The van der Waals surface area contributed by atoms with Crippen molar-refractivity contribution in [2.24, 2.45) is 0 Å². The normalized spacial score (nSPS) is 10.7. The van der Waals surface area contributed by atoms with Gasteiger partial charge >= 0.3 is 0 Å². The van der Waals surface area contributed by atoms with Gasteiger partial charge in [-0.25, -0.2) is 0 Å². The van der Waals surface area contributed by atoms with E-state index in [-0.39, 0.29) is 18.3 Å². The van der Waals surface area contributed by atoms with Crippen LogP contribution in [0.3, 0.4) is 0 Å². The fourth-order valence-electron chi connectivity index (χ4n) is 2.75. The zero-order valence-electron chi connectivity index (χ0n) is 16.4. The number of amides is 1. The predicted molar refractivity (Wildman–Crippen MR) is 110 cm³/mol. The fraction of sp³-hybridized carbons (Fsp3) is 0.286. The monoisotopic (exact) mass is 397 g/mol. The van der Waals surface area contributed by atoms with Crippen molar-refractivity contribution in [3.8, 4) is 5.75 Å². The van der Waals surface area contributed by atoms with E-state index in [9.17, 15) is 4.79 Å². The Kier molecular flexibility index (Phi) is 6.36. The van der Waals surface area contributed by atoms with Crippen molar-refractivity contribution >= 4 is 23.4 Å². The molecule has 0 fully saturated rings. The first kappa shape index (κ1) is 19.9. The molecule has 0 spiro atoms. The van der Waals surface area contributed by atoms with Gasteiger partial charge in [0.25, 0.3) is 11.1 Å². The smallest absolute Gasteiger partial charge is 0.277 e. The van der Waals surface area contributed by atoms with E-state index in [1.165, 1.54) is 11.8 Å². The summed E-state index contributed by atoms with van der Waals surface area (Å²) in [5.74, 6) is 1.23. The molecule has 1 heterocycles. The lowest BCUT2D eigenvalue weighted by atomic mass is 10.1. The highest BCUT2D eigenvalue weighted by Crippen LogP contribution is 2.23. The van der Waals surface area contributed by atoms with Crippen molar-refractivity contribution in [3.63, 3.8) is 0 Å². The molecule has 1 amide bonds. The molecule has 0 radical (unpaired) electrons. The van der Waals surface area contributed by atoms with Crippen LogP contribution in [0.15, 0.2) is 46.0 Å². The maximum absolute atomic E-state index is 12.1. The number of nitrogens with zero attached hydrogens (tertiary/aromatic N) is 2. The van der Waals surface area contributed by atoms with Crippen molar-refractivity contribution in [2.45, 2.75) is 39.5 Å². The maximum Gasteiger partial charge on any atom is 0.277 e. The summed E-state index contributed by atoms with van der Waals surface area (Å²) in [6.45, 7) is 8.23. The van der Waals surface area contributed by atoms with Crippen molar-refractivity contribution in [1.82, 2.24) is 10.2 Å². The van der Waals surface area contributed by atoms with Crippen molar-refractivity contribution < 1.29 is 13.9 Å². The number of benzene rings is 2. The Morgan fingerprint density at radius 3 is 2.61 bits per heavy atom. The Bertz CT molecular complexity index is 965. The van der Waals surface area contributed by atoms with Crippen molar-refractivity contribution in [3.05, 3.63) is 64.5 Å². The molecule has 3 rings (SSSR count). The number of hydrogen-bond donors (Lipinski definition) is 1. The minimum Gasteiger partial charge on any atom is -0.484 e. The molecule has 0 bridgehead atoms. The molecule has 1 aromatic heterocycles. The first-order chi connectivity index (χ1) is 13.4. The Morgan fingerprint density at radius 1 is 1.11 bits per heavy atom. The van der Waals surface area contributed by atoms with Crippen LogP contribution in [0.25, 0.3) is 0 Å². The molecule has 0 aliphatic rings. The molecule has 7 heteroatoms. The molecular formula is C21H23N3O3S. The summed E-state index contributed by atoms with van der Waals surface area (Å²) >= 11 is 1.20. The summed E-state index contributed by atoms with van der Waals surface area (Å²) in [5.41, 5.74) is 5.24. The third-order valence-electron chi connectivity index (χ3n) is 4.19. The minimum absolute atomic E-state index is 0.124. The summed E-state index contributed by atoms with van der Waals surface area (Å²) in [5, 5.41) is 11.2. The quantitative estimate of drug-likeness (QED) is 0.587. The molecule has 1 N–H and O–H groups in total. The van der Waals surface area contributed by atoms with E-state index in [0.717, 1.165) is 33.7 Å². The second kappa shape index (κ2) is 8.93. The maximum atomic E-state index is 12.1. The highest BCUT2D eigenvalue weighted by Gasteiger charge is 2.11. The number of aromatic nitrogens is 2. The molecule has 0 aliphatic heterocycles. The fourth-order valence-corrected chi connectivity index (χ4v) is 3.33. The number of carbonyl (C=O) groups excluding carboxylic acids is 1. The zero-order valence-corrected chi connectivity index (χ0v) is 17.2. The highest BCUT2D eigenvalue weighted by atomic mass is 32.2. The SMILES string of the molecule is Cc1cc(C)cc(NC(=O)CSc2nnc(COc3cccc(C)c3C)o2)c1. The molecule has 0 atom stereocenters. The van der Waals surface area contributed by atoms with Gasteiger partial charge in [0.2, 0.25) is 5.91 Å². The van der Waals surface area contributed by atoms with Crippen LogP contribution < -0.4 is 10.1 Å². The Morgan fingerprint density at radius 2 is 1.86 bits per heavy atom. The van der Waals surface area contributed by atoms with Crippen molar-refractivity contribution in [1.29, 1.82) is 0 Å². The second-order valence-electron chi connectivity index (χ2n) is 6.66. The number of hydrogen-bond acceptors (Lipinski definition) is 6. The van der Waals surface area contributed by atoms with E-state index >= 15 is 0 Å².